The van der Waals surface area contributed by atoms with Crippen LogP contribution in [0.3, 0.4) is 0 Å². The fourth-order valence-electron chi connectivity index (χ4n) is 4.95. The minimum atomic E-state index is -3.22. The van der Waals surface area contributed by atoms with E-state index in [4.69, 9.17) is 9.47 Å². The molecule has 0 spiro atoms. The number of sulfonamides is 1. The third-order valence-electron chi connectivity index (χ3n) is 6.71. The predicted molar refractivity (Wildman–Crippen MR) is 131 cm³/mol. The Morgan fingerprint density at radius 2 is 1.79 bits per heavy atom. The molecule has 33 heavy (non-hydrogen) atoms. The van der Waals surface area contributed by atoms with Gasteiger partial charge in [0, 0.05) is 12.1 Å². The van der Waals surface area contributed by atoms with Crippen molar-refractivity contribution in [2.24, 2.45) is 0 Å². The Balaban J connectivity index is 1.24. The number of hydrogen-bond donors (Lipinski definition) is 2. The molecule has 6 nitrogen and oxygen atoms in total. The lowest BCUT2D eigenvalue weighted by molar-refractivity contribution is 0.00523. The summed E-state index contributed by atoms with van der Waals surface area (Å²) in [6.45, 7) is 2.03. The van der Waals surface area contributed by atoms with E-state index in [0.29, 0.717) is 19.1 Å². The summed E-state index contributed by atoms with van der Waals surface area (Å²) < 4.78 is 38.4. The summed E-state index contributed by atoms with van der Waals surface area (Å²) >= 11 is 0. The number of benzene rings is 2. The highest BCUT2D eigenvalue weighted by Gasteiger charge is 2.29. The van der Waals surface area contributed by atoms with Crippen molar-refractivity contribution in [3.63, 3.8) is 0 Å². The van der Waals surface area contributed by atoms with E-state index in [1.807, 2.05) is 24.3 Å². The summed E-state index contributed by atoms with van der Waals surface area (Å²) in [5.74, 6) is 1.44. The Labute approximate surface area is 198 Å². The Bertz CT molecular complexity index is 975. The van der Waals surface area contributed by atoms with Crippen molar-refractivity contribution in [1.29, 1.82) is 0 Å². The van der Waals surface area contributed by atoms with E-state index in [1.165, 1.54) is 17.4 Å². The first-order valence-corrected chi connectivity index (χ1v) is 13.9. The van der Waals surface area contributed by atoms with E-state index in [2.05, 4.69) is 40.4 Å². The zero-order valence-electron chi connectivity index (χ0n) is 19.4. The van der Waals surface area contributed by atoms with Crippen LogP contribution < -0.4 is 14.8 Å². The van der Waals surface area contributed by atoms with E-state index in [9.17, 15) is 8.42 Å². The second-order valence-electron chi connectivity index (χ2n) is 9.35. The van der Waals surface area contributed by atoms with Crippen molar-refractivity contribution in [3.05, 3.63) is 65.7 Å². The molecule has 2 fully saturated rings. The van der Waals surface area contributed by atoms with Gasteiger partial charge in [0.2, 0.25) is 10.0 Å². The Hall–Kier alpha value is -1.93. The molecule has 2 unspecified atom stereocenters. The maximum Gasteiger partial charge on any atom is 0.209 e. The Morgan fingerprint density at radius 1 is 1.00 bits per heavy atom. The van der Waals surface area contributed by atoms with E-state index in [1.54, 1.807) is 0 Å². The van der Waals surface area contributed by atoms with Crippen LogP contribution in [0.2, 0.25) is 0 Å². The fourth-order valence-corrected chi connectivity index (χ4v) is 5.78. The number of piperidine rings is 1. The van der Waals surface area contributed by atoms with E-state index in [-0.39, 0.29) is 18.2 Å². The van der Waals surface area contributed by atoms with Crippen LogP contribution in [0.15, 0.2) is 54.6 Å². The van der Waals surface area contributed by atoms with Gasteiger partial charge in [0.25, 0.3) is 0 Å². The van der Waals surface area contributed by atoms with Crippen LogP contribution in [-0.2, 0) is 21.4 Å². The summed E-state index contributed by atoms with van der Waals surface area (Å²) in [4.78, 5) is 0. The molecule has 7 heteroatoms. The Morgan fingerprint density at radius 3 is 2.55 bits per heavy atom. The second-order valence-corrected chi connectivity index (χ2v) is 11.1. The van der Waals surface area contributed by atoms with Gasteiger partial charge in [0.1, 0.15) is 12.4 Å². The molecule has 0 amide bonds. The zero-order valence-corrected chi connectivity index (χ0v) is 20.2. The SMILES string of the molecule is CS(=O)(=O)NC1CCCNC1CO[C@H]1CC[C@@H](c2cccc(OCc3ccccc3)c2)CC1. The molecule has 1 aliphatic heterocycles. The minimum absolute atomic E-state index is 0.0321. The zero-order chi connectivity index (χ0) is 23.1. The second kappa shape index (κ2) is 11.5. The molecule has 2 N–H and O–H groups in total. The summed E-state index contributed by atoms with van der Waals surface area (Å²) in [6.07, 6.45) is 7.52. The maximum absolute atomic E-state index is 11.7. The highest BCUT2D eigenvalue weighted by Crippen LogP contribution is 2.35. The molecule has 1 saturated carbocycles. The van der Waals surface area contributed by atoms with Gasteiger partial charge in [0.15, 0.2) is 0 Å². The molecule has 1 aliphatic carbocycles. The molecule has 4 rings (SSSR count). The van der Waals surface area contributed by atoms with Crippen molar-refractivity contribution in [1.82, 2.24) is 10.0 Å². The van der Waals surface area contributed by atoms with Gasteiger partial charge in [-0.25, -0.2) is 13.1 Å². The molecule has 0 bridgehead atoms. The van der Waals surface area contributed by atoms with E-state index < -0.39 is 10.0 Å². The van der Waals surface area contributed by atoms with Crippen molar-refractivity contribution < 1.29 is 17.9 Å². The molecule has 2 aliphatic rings. The smallest absolute Gasteiger partial charge is 0.209 e. The van der Waals surface area contributed by atoms with Gasteiger partial charge in [0.05, 0.1) is 19.0 Å². The van der Waals surface area contributed by atoms with Gasteiger partial charge in [-0.1, -0.05) is 42.5 Å². The molecule has 0 aromatic heterocycles. The lowest BCUT2D eigenvalue weighted by atomic mass is 9.82. The largest absolute Gasteiger partial charge is 0.489 e. The minimum Gasteiger partial charge on any atom is -0.489 e. The van der Waals surface area contributed by atoms with Gasteiger partial charge in [-0.2, -0.15) is 0 Å². The van der Waals surface area contributed by atoms with Gasteiger partial charge in [-0.15, -0.1) is 0 Å². The van der Waals surface area contributed by atoms with Gasteiger partial charge in [-0.3, -0.25) is 0 Å². The number of hydrogen-bond acceptors (Lipinski definition) is 5. The topological polar surface area (TPSA) is 76.7 Å². The van der Waals surface area contributed by atoms with Gasteiger partial charge >= 0.3 is 0 Å². The van der Waals surface area contributed by atoms with Crippen molar-refractivity contribution in [2.75, 3.05) is 19.4 Å². The van der Waals surface area contributed by atoms with Crippen LogP contribution in [-0.4, -0.2) is 46.0 Å². The molecule has 0 radical (unpaired) electrons. The molecular formula is C26H36N2O4S. The van der Waals surface area contributed by atoms with Gasteiger partial charge < -0.3 is 14.8 Å². The normalized spacial score (nSPS) is 26.1. The summed E-state index contributed by atoms with van der Waals surface area (Å²) in [5, 5.41) is 3.43. The van der Waals surface area contributed by atoms with Crippen LogP contribution in [0.1, 0.15) is 55.6 Å². The summed E-state index contributed by atoms with van der Waals surface area (Å²) in [7, 11) is -3.22. The molecule has 2 aromatic rings. The maximum atomic E-state index is 11.7. The standard InChI is InChI=1S/C26H36N2O4S/c1-33(29,30)28-25-11-6-16-27-26(25)19-32-23-14-12-21(13-15-23)22-9-5-10-24(17-22)31-18-20-7-3-2-4-8-20/h2-5,7-10,17,21,23,25-28H,6,11-16,18-19H2,1H3/t21-,23+,25?,26?. The van der Waals surface area contributed by atoms with Crippen LogP contribution in [0.5, 0.6) is 5.75 Å². The van der Waals surface area contributed by atoms with Crippen molar-refractivity contribution >= 4 is 10.0 Å². The van der Waals surface area contributed by atoms with Crippen LogP contribution >= 0.6 is 0 Å². The van der Waals surface area contributed by atoms with Crippen LogP contribution in [0.25, 0.3) is 0 Å². The highest BCUT2D eigenvalue weighted by molar-refractivity contribution is 7.88. The molecular weight excluding hydrogens is 436 g/mol. The number of nitrogens with one attached hydrogen (secondary N) is 2. The first kappa shape index (κ1) is 24.2. The molecule has 180 valence electrons. The summed E-state index contributed by atoms with van der Waals surface area (Å²) in [6, 6.07) is 18.7. The summed E-state index contributed by atoms with van der Waals surface area (Å²) in [5.41, 5.74) is 2.51. The monoisotopic (exact) mass is 472 g/mol. The Kier molecular flexibility index (Phi) is 8.41. The van der Waals surface area contributed by atoms with Crippen LogP contribution in [0, 0.1) is 0 Å². The predicted octanol–water partition coefficient (Wildman–Crippen LogP) is 3.98. The first-order valence-electron chi connectivity index (χ1n) is 12.1. The quantitative estimate of drug-likeness (QED) is 0.577. The van der Waals surface area contributed by atoms with Crippen LogP contribution in [0.4, 0.5) is 0 Å². The van der Waals surface area contributed by atoms with Crippen molar-refractivity contribution in [2.45, 2.75) is 69.2 Å². The van der Waals surface area contributed by atoms with E-state index >= 15 is 0 Å². The highest BCUT2D eigenvalue weighted by atomic mass is 32.2. The number of rotatable bonds is 9. The molecule has 2 atom stereocenters. The van der Waals surface area contributed by atoms with Crippen molar-refractivity contribution in [3.8, 4) is 5.75 Å². The first-order chi connectivity index (χ1) is 16.0. The van der Waals surface area contributed by atoms with E-state index in [0.717, 1.165) is 50.8 Å². The number of ether oxygens (including phenoxy) is 2. The lowest BCUT2D eigenvalue weighted by Crippen LogP contribution is -2.55. The average Bonchev–Trinajstić information content (AvgIpc) is 2.82. The third-order valence-corrected chi connectivity index (χ3v) is 7.44. The molecule has 1 heterocycles. The molecule has 1 saturated heterocycles. The fraction of sp³-hybridized carbons (Fsp3) is 0.538. The van der Waals surface area contributed by atoms with Gasteiger partial charge in [-0.05, 0) is 74.2 Å². The third kappa shape index (κ3) is 7.54. The molecule has 2 aromatic carbocycles. The average molecular weight is 473 g/mol. The lowest BCUT2D eigenvalue weighted by Gasteiger charge is -2.35.